The average molecular weight is 510 g/mol. The summed E-state index contributed by atoms with van der Waals surface area (Å²) in [5.41, 5.74) is 4.03. The smallest absolute Gasteiger partial charge is 0.235 e. The molecule has 3 aromatic carbocycles. The lowest BCUT2D eigenvalue weighted by Gasteiger charge is -2.18. The maximum absolute atomic E-state index is 12.8. The molecule has 9 heteroatoms. The molecule has 0 unspecified atom stereocenters. The third-order valence-corrected chi connectivity index (χ3v) is 7.79. The standard InChI is InChI=1S/C26H24ClN3O4S/c1-17-5-6-19(12-25(17)34-23-15-20(27)14-21(16-23)28-3)13-26(31)29-24-8-7-22(11-18(24)2)30-9-4-10-35(30,32)33/h5-8,11-12,14-16H,4,9-10,13H2,1-2H3,(H,29,31). The number of nitrogens with one attached hydrogen (secondary N) is 1. The maximum Gasteiger partial charge on any atom is 0.235 e. The number of carbonyl (C=O) groups excluding carboxylic acids is 1. The Morgan fingerprint density at radius 2 is 1.91 bits per heavy atom. The number of nitrogens with zero attached hydrogens (tertiary/aromatic N) is 2. The van der Waals surface area contributed by atoms with Crippen molar-refractivity contribution in [1.29, 1.82) is 0 Å². The molecule has 1 aliphatic heterocycles. The SMILES string of the molecule is [C-]#[N+]c1cc(Cl)cc(Oc2cc(CC(=O)Nc3ccc(N4CCCS4(=O)=O)cc3C)ccc2C)c1. The fourth-order valence-electron chi connectivity index (χ4n) is 3.92. The number of rotatable bonds is 6. The molecule has 35 heavy (non-hydrogen) atoms. The Hall–Kier alpha value is -3.54. The van der Waals surface area contributed by atoms with Crippen LogP contribution in [0.2, 0.25) is 5.02 Å². The molecule has 0 aliphatic carbocycles. The van der Waals surface area contributed by atoms with E-state index in [9.17, 15) is 13.2 Å². The number of aryl methyl sites for hydroxylation is 2. The quantitative estimate of drug-likeness (QED) is 0.412. The lowest BCUT2D eigenvalue weighted by molar-refractivity contribution is -0.115. The number of benzene rings is 3. The van der Waals surface area contributed by atoms with Crippen molar-refractivity contribution in [3.8, 4) is 11.5 Å². The third kappa shape index (κ3) is 5.76. The van der Waals surface area contributed by atoms with Gasteiger partial charge in [0.25, 0.3) is 0 Å². The summed E-state index contributed by atoms with van der Waals surface area (Å²) < 4.78 is 31.7. The number of ether oxygens (including phenoxy) is 1. The zero-order valence-corrected chi connectivity index (χ0v) is 20.9. The predicted molar refractivity (Wildman–Crippen MR) is 138 cm³/mol. The van der Waals surface area contributed by atoms with E-state index in [1.807, 2.05) is 26.0 Å². The summed E-state index contributed by atoms with van der Waals surface area (Å²) in [6.45, 7) is 11.4. The predicted octanol–water partition coefficient (Wildman–Crippen LogP) is 6.02. The molecule has 1 aliphatic rings. The summed E-state index contributed by atoms with van der Waals surface area (Å²) >= 11 is 6.08. The Morgan fingerprint density at radius 1 is 1.11 bits per heavy atom. The highest BCUT2D eigenvalue weighted by molar-refractivity contribution is 7.93. The molecule has 0 radical (unpaired) electrons. The van der Waals surface area contributed by atoms with Crippen LogP contribution in [0.4, 0.5) is 17.1 Å². The monoisotopic (exact) mass is 509 g/mol. The van der Waals surface area contributed by atoms with E-state index >= 15 is 0 Å². The molecule has 7 nitrogen and oxygen atoms in total. The molecule has 0 spiro atoms. The molecule has 1 saturated heterocycles. The molecule has 180 valence electrons. The van der Waals surface area contributed by atoms with Crippen LogP contribution in [0.25, 0.3) is 4.85 Å². The summed E-state index contributed by atoms with van der Waals surface area (Å²) in [5, 5.41) is 3.31. The van der Waals surface area contributed by atoms with Crippen LogP contribution in [0.1, 0.15) is 23.1 Å². The number of halogens is 1. The molecule has 1 heterocycles. The number of carbonyl (C=O) groups is 1. The Kier molecular flexibility index (Phi) is 7.01. The molecular weight excluding hydrogens is 486 g/mol. The molecule has 0 atom stereocenters. The highest BCUT2D eigenvalue weighted by Crippen LogP contribution is 2.32. The van der Waals surface area contributed by atoms with Crippen LogP contribution in [0.5, 0.6) is 11.5 Å². The first-order valence-corrected chi connectivity index (χ1v) is 13.0. The zero-order valence-electron chi connectivity index (χ0n) is 19.3. The highest BCUT2D eigenvalue weighted by atomic mass is 35.5. The molecule has 1 fully saturated rings. The van der Waals surface area contributed by atoms with Crippen molar-refractivity contribution in [2.45, 2.75) is 26.7 Å². The van der Waals surface area contributed by atoms with Gasteiger partial charge in [0.1, 0.15) is 11.5 Å². The van der Waals surface area contributed by atoms with Crippen LogP contribution in [0, 0.1) is 20.4 Å². The van der Waals surface area contributed by atoms with Gasteiger partial charge < -0.3 is 10.1 Å². The van der Waals surface area contributed by atoms with Gasteiger partial charge >= 0.3 is 0 Å². The van der Waals surface area contributed by atoms with Crippen molar-refractivity contribution in [3.05, 3.63) is 87.7 Å². The average Bonchev–Trinajstić information content (AvgIpc) is 3.16. The molecule has 0 aromatic heterocycles. The van der Waals surface area contributed by atoms with Crippen LogP contribution in [0.15, 0.2) is 54.6 Å². The van der Waals surface area contributed by atoms with Crippen molar-refractivity contribution in [3.63, 3.8) is 0 Å². The zero-order chi connectivity index (χ0) is 25.2. The normalized spacial score (nSPS) is 14.4. The maximum atomic E-state index is 12.8. The molecule has 1 amide bonds. The fraction of sp³-hybridized carbons (Fsp3) is 0.231. The Labute approximate surface area is 210 Å². The van der Waals surface area contributed by atoms with Gasteiger partial charge in [-0.2, -0.15) is 0 Å². The summed E-state index contributed by atoms with van der Waals surface area (Å²) in [5.74, 6) is 0.970. The lowest BCUT2D eigenvalue weighted by atomic mass is 10.1. The van der Waals surface area contributed by atoms with Crippen molar-refractivity contribution in [2.24, 2.45) is 0 Å². The van der Waals surface area contributed by atoms with Gasteiger partial charge in [-0.1, -0.05) is 23.7 Å². The van der Waals surface area contributed by atoms with Gasteiger partial charge in [0.05, 0.1) is 24.4 Å². The Bertz CT molecular complexity index is 1450. The van der Waals surface area contributed by atoms with E-state index in [2.05, 4.69) is 10.2 Å². The summed E-state index contributed by atoms with van der Waals surface area (Å²) in [7, 11) is -3.26. The van der Waals surface area contributed by atoms with Gasteiger partial charge in [-0.3, -0.25) is 9.10 Å². The summed E-state index contributed by atoms with van der Waals surface area (Å²) in [6, 6.07) is 15.5. The molecular formula is C26H24ClN3O4S. The second-order valence-corrected chi connectivity index (χ2v) is 10.9. The summed E-state index contributed by atoms with van der Waals surface area (Å²) in [4.78, 5) is 16.1. The minimum absolute atomic E-state index is 0.126. The van der Waals surface area contributed by atoms with Crippen molar-refractivity contribution < 1.29 is 17.9 Å². The van der Waals surface area contributed by atoms with Crippen LogP contribution in [0.3, 0.4) is 0 Å². The van der Waals surface area contributed by atoms with Gasteiger partial charge in [0.15, 0.2) is 5.69 Å². The van der Waals surface area contributed by atoms with Crippen LogP contribution >= 0.6 is 11.6 Å². The first-order valence-electron chi connectivity index (χ1n) is 11.0. The molecule has 0 bridgehead atoms. The Morgan fingerprint density at radius 3 is 2.60 bits per heavy atom. The van der Waals surface area contributed by atoms with Crippen LogP contribution in [-0.2, 0) is 21.2 Å². The molecule has 1 N–H and O–H groups in total. The molecule has 3 aromatic rings. The third-order valence-electron chi connectivity index (χ3n) is 5.70. The highest BCUT2D eigenvalue weighted by Gasteiger charge is 2.28. The largest absolute Gasteiger partial charge is 0.458 e. The van der Waals surface area contributed by atoms with Gasteiger partial charge in [-0.05, 0) is 79.4 Å². The number of hydrogen-bond acceptors (Lipinski definition) is 4. The van der Waals surface area contributed by atoms with Gasteiger partial charge in [0.2, 0.25) is 15.9 Å². The second-order valence-electron chi connectivity index (χ2n) is 8.42. The van der Waals surface area contributed by atoms with Gasteiger partial charge in [0, 0.05) is 17.3 Å². The number of anilines is 2. The van der Waals surface area contributed by atoms with Gasteiger partial charge in [-0.25, -0.2) is 13.3 Å². The second kappa shape index (κ2) is 9.98. The van der Waals surface area contributed by atoms with Crippen LogP contribution < -0.4 is 14.4 Å². The molecule has 4 rings (SSSR count). The van der Waals surface area contributed by atoms with E-state index in [1.165, 1.54) is 4.31 Å². The van der Waals surface area contributed by atoms with Crippen LogP contribution in [-0.4, -0.2) is 26.6 Å². The number of hydrogen-bond donors (Lipinski definition) is 1. The lowest BCUT2D eigenvalue weighted by Crippen LogP contribution is -2.25. The van der Waals surface area contributed by atoms with Gasteiger partial charge in [-0.15, -0.1) is 0 Å². The Balaban J connectivity index is 1.46. The summed E-state index contributed by atoms with van der Waals surface area (Å²) in [6.07, 6.45) is 0.737. The van der Waals surface area contributed by atoms with E-state index in [0.717, 1.165) is 16.7 Å². The minimum atomic E-state index is -3.26. The number of sulfonamides is 1. The first-order chi connectivity index (χ1) is 16.6. The van der Waals surface area contributed by atoms with E-state index in [4.69, 9.17) is 22.9 Å². The fourth-order valence-corrected chi connectivity index (χ4v) is 5.69. The number of amides is 1. The van der Waals surface area contributed by atoms with E-state index in [-0.39, 0.29) is 18.1 Å². The van der Waals surface area contributed by atoms with Crippen molar-refractivity contribution in [2.75, 3.05) is 21.9 Å². The van der Waals surface area contributed by atoms with Crippen molar-refractivity contribution >= 4 is 44.6 Å². The van der Waals surface area contributed by atoms with E-state index in [1.54, 1.807) is 42.5 Å². The first kappa shape index (κ1) is 24.6. The molecule has 0 saturated carbocycles. The minimum Gasteiger partial charge on any atom is -0.458 e. The topological polar surface area (TPSA) is 80.1 Å². The van der Waals surface area contributed by atoms with Crippen molar-refractivity contribution in [1.82, 2.24) is 0 Å². The van der Waals surface area contributed by atoms with E-state index < -0.39 is 10.0 Å². The van der Waals surface area contributed by atoms with E-state index in [0.29, 0.717) is 46.5 Å².